The van der Waals surface area contributed by atoms with Crippen molar-refractivity contribution in [1.29, 1.82) is 0 Å². The Kier molecular flexibility index (Phi) is 6.81. The van der Waals surface area contributed by atoms with Gasteiger partial charge in [0.15, 0.2) is 7.37 Å². The maximum Gasteiger partial charge on any atom is 0.322 e. The molecule has 0 aliphatic rings. The highest BCUT2D eigenvalue weighted by molar-refractivity contribution is 7.58. The first-order chi connectivity index (χ1) is 6.93. The van der Waals surface area contributed by atoms with Crippen molar-refractivity contribution in [2.75, 3.05) is 26.0 Å². The predicted molar refractivity (Wildman–Crippen MR) is 59.2 cm³/mol. The molecule has 0 fully saturated rings. The number of hydrogen-bond acceptors (Lipinski definition) is 5. The van der Waals surface area contributed by atoms with E-state index in [1.807, 2.05) is 0 Å². The standard InChI is InChI=1S/C9H20NO4P/c1-4-13-9(11)8(10)6-7-15(3,12)14-5-2/h8H,4-7,10H2,1-3H3. The molecule has 0 aromatic heterocycles. The Bertz CT molecular complexity index is 244. The van der Waals surface area contributed by atoms with E-state index in [0.717, 1.165) is 0 Å². The molecule has 0 rings (SSSR count). The second kappa shape index (κ2) is 6.99. The van der Waals surface area contributed by atoms with Gasteiger partial charge < -0.3 is 15.0 Å². The Morgan fingerprint density at radius 3 is 2.47 bits per heavy atom. The lowest BCUT2D eigenvalue weighted by atomic mass is 10.2. The maximum absolute atomic E-state index is 11.7. The van der Waals surface area contributed by atoms with Crippen molar-refractivity contribution < 1.29 is 18.6 Å². The fourth-order valence-electron chi connectivity index (χ4n) is 1.08. The van der Waals surface area contributed by atoms with Crippen molar-refractivity contribution in [3.8, 4) is 0 Å². The van der Waals surface area contributed by atoms with Crippen molar-refractivity contribution in [1.82, 2.24) is 0 Å². The molecule has 0 aromatic carbocycles. The molecule has 2 unspecified atom stereocenters. The third-order valence-electron chi connectivity index (χ3n) is 1.84. The molecule has 0 aromatic rings. The number of carbonyl (C=O) groups is 1. The Balaban J connectivity index is 3.94. The molecule has 6 heteroatoms. The van der Waals surface area contributed by atoms with E-state index < -0.39 is 19.4 Å². The summed E-state index contributed by atoms with van der Waals surface area (Å²) in [6.45, 7) is 5.76. The second-order valence-electron chi connectivity index (χ2n) is 3.30. The Labute approximate surface area is 90.8 Å². The molecular weight excluding hydrogens is 217 g/mol. The zero-order valence-corrected chi connectivity index (χ0v) is 10.5. The predicted octanol–water partition coefficient (Wildman–Crippen LogP) is 1.21. The molecule has 5 nitrogen and oxygen atoms in total. The minimum Gasteiger partial charge on any atom is -0.465 e. The smallest absolute Gasteiger partial charge is 0.322 e. The molecular formula is C9H20NO4P. The van der Waals surface area contributed by atoms with Crippen molar-refractivity contribution in [2.24, 2.45) is 5.73 Å². The summed E-state index contributed by atoms with van der Waals surface area (Å²) in [4.78, 5) is 11.1. The molecule has 15 heavy (non-hydrogen) atoms. The van der Waals surface area contributed by atoms with Crippen molar-refractivity contribution >= 4 is 13.3 Å². The van der Waals surface area contributed by atoms with Gasteiger partial charge in [0.05, 0.1) is 13.2 Å². The number of hydrogen-bond donors (Lipinski definition) is 1. The molecule has 0 radical (unpaired) electrons. The van der Waals surface area contributed by atoms with E-state index in [-0.39, 0.29) is 0 Å². The summed E-state index contributed by atoms with van der Waals surface area (Å²) in [6, 6.07) is -0.710. The lowest BCUT2D eigenvalue weighted by molar-refractivity contribution is -0.144. The molecule has 0 amide bonds. The van der Waals surface area contributed by atoms with Crippen molar-refractivity contribution in [2.45, 2.75) is 26.3 Å². The van der Waals surface area contributed by atoms with E-state index >= 15 is 0 Å². The zero-order valence-electron chi connectivity index (χ0n) is 9.56. The first-order valence-corrected chi connectivity index (χ1v) is 7.32. The van der Waals surface area contributed by atoms with Gasteiger partial charge in [0.25, 0.3) is 0 Å². The van der Waals surface area contributed by atoms with Crippen LogP contribution in [-0.2, 0) is 18.6 Å². The molecule has 0 aliphatic carbocycles. The van der Waals surface area contributed by atoms with Crippen molar-refractivity contribution in [3.05, 3.63) is 0 Å². The van der Waals surface area contributed by atoms with Gasteiger partial charge in [-0.15, -0.1) is 0 Å². The fourth-order valence-corrected chi connectivity index (χ4v) is 2.50. The maximum atomic E-state index is 11.7. The summed E-state index contributed by atoms with van der Waals surface area (Å²) < 4.78 is 21.5. The van der Waals surface area contributed by atoms with E-state index in [0.29, 0.717) is 25.8 Å². The first kappa shape index (κ1) is 14.6. The van der Waals surface area contributed by atoms with Crippen LogP contribution in [0.15, 0.2) is 0 Å². The van der Waals surface area contributed by atoms with E-state index in [1.165, 1.54) is 0 Å². The van der Waals surface area contributed by atoms with Crippen LogP contribution in [0.3, 0.4) is 0 Å². The van der Waals surface area contributed by atoms with E-state index in [1.54, 1.807) is 20.5 Å². The van der Waals surface area contributed by atoms with E-state index in [4.69, 9.17) is 15.0 Å². The quantitative estimate of drug-likeness (QED) is 0.532. The largest absolute Gasteiger partial charge is 0.465 e. The highest BCUT2D eigenvalue weighted by Gasteiger charge is 2.21. The van der Waals surface area contributed by atoms with Crippen LogP contribution < -0.4 is 5.73 Å². The first-order valence-electron chi connectivity index (χ1n) is 5.06. The number of rotatable bonds is 7. The second-order valence-corrected chi connectivity index (χ2v) is 6.04. The van der Waals surface area contributed by atoms with Gasteiger partial charge in [-0.05, 0) is 20.3 Å². The van der Waals surface area contributed by atoms with Crippen LogP contribution in [0.4, 0.5) is 0 Å². The van der Waals surface area contributed by atoms with Gasteiger partial charge in [0.2, 0.25) is 0 Å². The van der Waals surface area contributed by atoms with Crippen LogP contribution in [0.25, 0.3) is 0 Å². The van der Waals surface area contributed by atoms with Gasteiger partial charge in [0, 0.05) is 12.8 Å². The van der Waals surface area contributed by atoms with E-state index in [2.05, 4.69) is 0 Å². The molecule has 2 N–H and O–H groups in total. The highest BCUT2D eigenvalue weighted by Crippen LogP contribution is 2.42. The Hall–Kier alpha value is -0.380. The number of ether oxygens (including phenoxy) is 1. The molecule has 2 atom stereocenters. The molecule has 0 spiro atoms. The number of esters is 1. The number of carbonyl (C=O) groups excluding carboxylic acids is 1. The average Bonchev–Trinajstić information content (AvgIpc) is 2.14. The number of nitrogens with two attached hydrogens (primary N) is 1. The monoisotopic (exact) mass is 237 g/mol. The van der Waals surface area contributed by atoms with Crippen LogP contribution in [0.5, 0.6) is 0 Å². The summed E-state index contributed by atoms with van der Waals surface area (Å²) in [7, 11) is -2.59. The van der Waals surface area contributed by atoms with Crippen LogP contribution >= 0.6 is 7.37 Å². The summed E-state index contributed by atoms with van der Waals surface area (Å²) in [5, 5.41) is 0. The van der Waals surface area contributed by atoms with Gasteiger partial charge >= 0.3 is 5.97 Å². The molecule has 0 aliphatic heterocycles. The third kappa shape index (κ3) is 6.66. The highest BCUT2D eigenvalue weighted by atomic mass is 31.2. The van der Waals surface area contributed by atoms with Crippen LogP contribution in [-0.4, -0.2) is 38.1 Å². The zero-order chi connectivity index (χ0) is 11.9. The molecule has 90 valence electrons. The fraction of sp³-hybridized carbons (Fsp3) is 0.889. The Morgan fingerprint density at radius 2 is 2.00 bits per heavy atom. The van der Waals surface area contributed by atoms with Gasteiger partial charge in [-0.1, -0.05) is 0 Å². The Morgan fingerprint density at radius 1 is 1.40 bits per heavy atom. The lowest BCUT2D eigenvalue weighted by Gasteiger charge is -2.15. The van der Waals surface area contributed by atoms with E-state index in [9.17, 15) is 9.36 Å². The third-order valence-corrected chi connectivity index (χ3v) is 3.71. The summed E-state index contributed by atoms with van der Waals surface area (Å²) in [6.07, 6.45) is 0.632. The van der Waals surface area contributed by atoms with Gasteiger partial charge in [-0.2, -0.15) is 0 Å². The summed E-state index contributed by atoms with van der Waals surface area (Å²) in [5.74, 6) is -0.450. The minimum absolute atomic E-state index is 0.306. The minimum atomic E-state index is -2.59. The molecule has 0 heterocycles. The van der Waals surface area contributed by atoms with Gasteiger partial charge in [0.1, 0.15) is 6.04 Å². The van der Waals surface area contributed by atoms with Crippen LogP contribution in [0, 0.1) is 0 Å². The lowest BCUT2D eigenvalue weighted by Crippen LogP contribution is -2.33. The average molecular weight is 237 g/mol. The van der Waals surface area contributed by atoms with Crippen molar-refractivity contribution in [3.63, 3.8) is 0 Å². The molecule has 0 bridgehead atoms. The van der Waals surface area contributed by atoms with Gasteiger partial charge in [-0.3, -0.25) is 9.36 Å². The van der Waals surface area contributed by atoms with Crippen LogP contribution in [0.2, 0.25) is 0 Å². The summed E-state index contributed by atoms with van der Waals surface area (Å²) >= 11 is 0. The molecule has 0 saturated carbocycles. The molecule has 0 saturated heterocycles. The topological polar surface area (TPSA) is 78.6 Å². The summed E-state index contributed by atoms with van der Waals surface area (Å²) in [5.41, 5.74) is 5.56. The van der Waals surface area contributed by atoms with Crippen LogP contribution in [0.1, 0.15) is 20.3 Å². The van der Waals surface area contributed by atoms with Gasteiger partial charge in [-0.25, -0.2) is 0 Å². The normalized spacial score (nSPS) is 16.8. The SMILES string of the molecule is CCOC(=O)C(N)CCP(C)(=O)OCC.